The minimum absolute atomic E-state index is 0.225. The fourth-order valence-corrected chi connectivity index (χ4v) is 2.35. The monoisotopic (exact) mass is 267 g/mol. The van der Waals surface area contributed by atoms with Gasteiger partial charge in [-0.1, -0.05) is 69.3 Å². The molecule has 106 valence electrons. The topological polar surface area (TPSA) is 26.0 Å². The molecule has 2 rings (SSSR count). The quantitative estimate of drug-likeness (QED) is 0.887. The Kier molecular flexibility index (Phi) is 4.61. The van der Waals surface area contributed by atoms with Gasteiger partial charge in [0.2, 0.25) is 0 Å². The van der Waals surface area contributed by atoms with Crippen LogP contribution in [0.15, 0.2) is 48.5 Å². The Balaban J connectivity index is 2.06. The summed E-state index contributed by atoms with van der Waals surface area (Å²) >= 11 is 0. The van der Waals surface area contributed by atoms with E-state index >= 15 is 0 Å². The first-order valence-corrected chi connectivity index (χ1v) is 7.36. The lowest BCUT2D eigenvalue weighted by Crippen LogP contribution is -2.10. The lowest BCUT2D eigenvalue weighted by atomic mass is 9.86. The Labute approximate surface area is 122 Å². The highest BCUT2D eigenvalue weighted by Crippen LogP contribution is 2.23. The molecule has 0 amide bonds. The minimum atomic E-state index is 0.225. The van der Waals surface area contributed by atoms with Gasteiger partial charge in [-0.25, -0.2) is 0 Å². The summed E-state index contributed by atoms with van der Waals surface area (Å²) in [5, 5.41) is 0. The van der Waals surface area contributed by atoms with Gasteiger partial charge in [0.15, 0.2) is 0 Å². The van der Waals surface area contributed by atoms with Crippen LogP contribution in [0.3, 0.4) is 0 Å². The molecular formula is C19H25N. The normalized spacial score (nSPS) is 11.6. The molecule has 0 atom stereocenters. The van der Waals surface area contributed by atoms with Gasteiger partial charge in [-0.2, -0.15) is 0 Å². The van der Waals surface area contributed by atoms with Gasteiger partial charge < -0.3 is 5.73 Å². The lowest BCUT2D eigenvalue weighted by molar-refractivity contribution is 0.590. The molecule has 0 aliphatic carbocycles. The fourth-order valence-electron chi connectivity index (χ4n) is 2.35. The molecule has 0 saturated heterocycles. The Morgan fingerprint density at radius 3 is 1.65 bits per heavy atom. The van der Waals surface area contributed by atoms with Gasteiger partial charge in [0.25, 0.3) is 0 Å². The highest BCUT2D eigenvalue weighted by atomic mass is 14.5. The summed E-state index contributed by atoms with van der Waals surface area (Å²) in [6, 6.07) is 17.8. The number of benzene rings is 2. The molecule has 0 saturated carbocycles. The van der Waals surface area contributed by atoms with Crippen molar-refractivity contribution in [1.82, 2.24) is 0 Å². The SMILES string of the molecule is CC(C)(C)c1ccc(Cc2ccc(CCN)cc2)cc1. The first-order valence-electron chi connectivity index (χ1n) is 7.36. The lowest BCUT2D eigenvalue weighted by Gasteiger charge is -2.19. The van der Waals surface area contributed by atoms with Crippen LogP contribution in [0.4, 0.5) is 0 Å². The second-order valence-corrected chi connectivity index (χ2v) is 6.48. The van der Waals surface area contributed by atoms with Crippen molar-refractivity contribution in [3.05, 3.63) is 70.8 Å². The molecule has 1 heteroatoms. The Morgan fingerprint density at radius 1 is 0.750 bits per heavy atom. The maximum absolute atomic E-state index is 5.57. The molecule has 2 N–H and O–H groups in total. The molecule has 0 aliphatic heterocycles. The highest BCUT2D eigenvalue weighted by Gasteiger charge is 2.12. The Bertz CT molecular complexity index is 529. The molecule has 0 heterocycles. The van der Waals surface area contributed by atoms with Crippen LogP contribution in [0.5, 0.6) is 0 Å². The van der Waals surface area contributed by atoms with Crippen LogP contribution in [0.1, 0.15) is 43.0 Å². The van der Waals surface area contributed by atoms with Crippen molar-refractivity contribution in [2.45, 2.75) is 39.0 Å². The van der Waals surface area contributed by atoms with E-state index in [4.69, 9.17) is 5.73 Å². The number of hydrogen-bond donors (Lipinski definition) is 1. The highest BCUT2D eigenvalue weighted by molar-refractivity contribution is 5.32. The predicted molar refractivity (Wildman–Crippen MR) is 87.1 cm³/mol. The van der Waals surface area contributed by atoms with Crippen LogP contribution in [-0.2, 0) is 18.3 Å². The van der Waals surface area contributed by atoms with E-state index in [-0.39, 0.29) is 5.41 Å². The molecule has 2 aromatic rings. The molecule has 0 fully saturated rings. The molecule has 0 spiro atoms. The molecule has 0 radical (unpaired) electrons. The van der Waals surface area contributed by atoms with E-state index in [1.54, 1.807) is 0 Å². The van der Waals surface area contributed by atoms with E-state index in [1.165, 1.54) is 22.3 Å². The van der Waals surface area contributed by atoms with Gasteiger partial charge in [0, 0.05) is 0 Å². The largest absolute Gasteiger partial charge is 0.330 e. The fraction of sp³-hybridized carbons (Fsp3) is 0.368. The molecule has 0 aliphatic rings. The van der Waals surface area contributed by atoms with Gasteiger partial charge in [0.05, 0.1) is 0 Å². The maximum Gasteiger partial charge on any atom is -0.00258 e. The van der Waals surface area contributed by atoms with Gasteiger partial charge in [-0.15, -0.1) is 0 Å². The first kappa shape index (κ1) is 14.8. The predicted octanol–water partition coefficient (Wildman–Crippen LogP) is 4.08. The standard InChI is InChI=1S/C19H25N/c1-19(2,3)18-10-8-17(9-11-18)14-16-6-4-15(5-7-16)12-13-20/h4-11H,12-14,20H2,1-3H3. The second-order valence-electron chi connectivity index (χ2n) is 6.48. The third-order valence-electron chi connectivity index (χ3n) is 3.68. The molecule has 20 heavy (non-hydrogen) atoms. The number of rotatable bonds is 4. The molecule has 0 bridgehead atoms. The van der Waals surface area contributed by atoms with Crippen molar-refractivity contribution < 1.29 is 0 Å². The van der Waals surface area contributed by atoms with E-state index in [0.29, 0.717) is 6.54 Å². The number of hydrogen-bond acceptors (Lipinski definition) is 1. The van der Waals surface area contributed by atoms with Crippen molar-refractivity contribution in [2.24, 2.45) is 5.73 Å². The summed E-state index contributed by atoms with van der Waals surface area (Å²) in [4.78, 5) is 0. The van der Waals surface area contributed by atoms with Crippen LogP contribution < -0.4 is 5.73 Å². The molecule has 0 aromatic heterocycles. The summed E-state index contributed by atoms with van der Waals surface area (Å²) in [7, 11) is 0. The molecule has 1 nitrogen and oxygen atoms in total. The summed E-state index contributed by atoms with van der Waals surface area (Å²) in [5.74, 6) is 0. The van der Waals surface area contributed by atoms with Crippen LogP contribution >= 0.6 is 0 Å². The molecule has 2 aromatic carbocycles. The minimum Gasteiger partial charge on any atom is -0.330 e. The zero-order chi connectivity index (χ0) is 14.6. The van der Waals surface area contributed by atoms with Crippen LogP contribution in [-0.4, -0.2) is 6.54 Å². The van der Waals surface area contributed by atoms with Crippen molar-refractivity contribution in [3.63, 3.8) is 0 Å². The van der Waals surface area contributed by atoms with Gasteiger partial charge in [0.1, 0.15) is 0 Å². The van der Waals surface area contributed by atoms with Crippen LogP contribution in [0, 0.1) is 0 Å². The average Bonchev–Trinajstić information content (AvgIpc) is 2.41. The van der Waals surface area contributed by atoms with Gasteiger partial charge in [-0.05, 0) is 47.1 Å². The smallest absolute Gasteiger partial charge is 0.00258 e. The molecular weight excluding hydrogens is 242 g/mol. The summed E-state index contributed by atoms with van der Waals surface area (Å²) in [5.41, 5.74) is 11.2. The van der Waals surface area contributed by atoms with Crippen molar-refractivity contribution in [1.29, 1.82) is 0 Å². The number of nitrogens with two attached hydrogens (primary N) is 1. The average molecular weight is 267 g/mol. The van der Waals surface area contributed by atoms with E-state index in [2.05, 4.69) is 69.3 Å². The molecule has 0 unspecified atom stereocenters. The van der Waals surface area contributed by atoms with Gasteiger partial charge >= 0.3 is 0 Å². The summed E-state index contributed by atoms with van der Waals surface area (Å²) in [6.45, 7) is 7.46. The maximum atomic E-state index is 5.57. The third kappa shape index (κ3) is 3.94. The Hall–Kier alpha value is -1.60. The van der Waals surface area contributed by atoms with Crippen molar-refractivity contribution in [2.75, 3.05) is 6.54 Å². The van der Waals surface area contributed by atoms with E-state index < -0.39 is 0 Å². The van der Waals surface area contributed by atoms with E-state index in [0.717, 1.165) is 12.8 Å². The summed E-state index contributed by atoms with van der Waals surface area (Å²) < 4.78 is 0. The second kappa shape index (κ2) is 6.23. The van der Waals surface area contributed by atoms with Crippen LogP contribution in [0.2, 0.25) is 0 Å². The zero-order valence-electron chi connectivity index (χ0n) is 12.8. The third-order valence-corrected chi connectivity index (χ3v) is 3.68. The summed E-state index contributed by atoms with van der Waals surface area (Å²) in [6.07, 6.45) is 1.95. The zero-order valence-corrected chi connectivity index (χ0v) is 12.8. The van der Waals surface area contributed by atoms with E-state index in [9.17, 15) is 0 Å². The first-order chi connectivity index (χ1) is 9.49. The van der Waals surface area contributed by atoms with Crippen molar-refractivity contribution >= 4 is 0 Å². The van der Waals surface area contributed by atoms with Crippen LogP contribution in [0.25, 0.3) is 0 Å². The Morgan fingerprint density at radius 2 is 1.20 bits per heavy atom. The van der Waals surface area contributed by atoms with Crippen molar-refractivity contribution in [3.8, 4) is 0 Å². The van der Waals surface area contributed by atoms with Gasteiger partial charge in [-0.3, -0.25) is 0 Å². The van der Waals surface area contributed by atoms with E-state index in [1.807, 2.05) is 0 Å².